The lowest BCUT2D eigenvalue weighted by atomic mass is 10.3. The fraction of sp³-hybridized carbons (Fsp3) is 0.214. The number of nitrogens with one attached hydrogen (secondary N) is 2. The van der Waals surface area contributed by atoms with E-state index in [1.807, 2.05) is 6.92 Å². The Morgan fingerprint density at radius 3 is 2.86 bits per heavy atom. The highest BCUT2D eigenvalue weighted by Gasteiger charge is 2.12. The molecule has 0 radical (unpaired) electrons. The Morgan fingerprint density at radius 2 is 2.10 bits per heavy atom. The van der Waals surface area contributed by atoms with Gasteiger partial charge in [-0.2, -0.15) is 0 Å². The first-order chi connectivity index (χ1) is 10.1. The molecule has 1 amide bonds. The predicted molar refractivity (Wildman–Crippen MR) is 85.2 cm³/mol. The van der Waals surface area contributed by atoms with E-state index < -0.39 is 5.91 Å². The van der Waals surface area contributed by atoms with Crippen molar-refractivity contribution in [2.75, 3.05) is 17.2 Å². The monoisotopic (exact) mass is 324 g/mol. The molecule has 21 heavy (non-hydrogen) atoms. The van der Waals surface area contributed by atoms with E-state index in [2.05, 4.69) is 20.6 Å². The Balaban J connectivity index is 2.15. The second-order valence-corrected chi connectivity index (χ2v) is 5.06. The molecule has 0 saturated carbocycles. The molecule has 0 spiro atoms. The summed E-state index contributed by atoms with van der Waals surface area (Å²) in [7, 11) is 0. The van der Waals surface area contributed by atoms with Crippen molar-refractivity contribution in [2.45, 2.75) is 13.3 Å². The average Bonchev–Trinajstić information content (AvgIpc) is 2.50. The number of amides is 1. The minimum absolute atomic E-state index is 0.201. The van der Waals surface area contributed by atoms with E-state index in [1.165, 1.54) is 6.20 Å². The molecule has 0 aliphatic rings. The highest BCUT2D eigenvalue weighted by atomic mass is 35.5. The Hall–Kier alpha value is -1.85. The van der Waals surface area contributed by atoms with Crippen LogP contribution < -0.4 is 10.6 Å². The molecule has 0 bridgehead atoms. The van der Waals surface area contributed by atoms with Crippen LogP contribution in [-0.4, -0.2) is 22.4 Å². The molecule has 0 atom stereocenters. The van der Waals surface area contributed by atoms with E-state index in [9.17, 15) is 4.79 Å². The van der Waals surface area contributed by atoms with Crippen LogP contribution >= 0.6 is 23.2 Å². The molecule has 0 unspecified atom stereocenters. The van der Waals surface area contributed by atoms with E-state index in [0.29, 0.717) is 21.6 Å². The minimum atomic E-state index is -0.396. The van der Waals surface area contributed by atoms with Gasteiger partial charge < -0.3 is 10.6 Å². The highest BCUT2D eigenvalue weighted by Crippen LogP contribution is 2.29. The molecule has 2 aromatic rings. The van der Waals surface area contributed by atoms with Crippen molar-refractivity contribution < 1.29 is 4.79 Å². The SMILES string of the molecule is CCCNc1cncc(C(=O)Nc2cccc(Cl)c2Cl)n1. The quantitative estimate of drug-likeness (QED) is 0.876. The van der Waals surface area contributed by atoms with Gasteiger partial charge in [-0.1, -0.05) is 36.2 Å². The second kappa shape index (κ2) is 7.24. The van der Waals surface area contributed by atoms with Crippen LogP contribution in [-0.2, 0) is 0 Å². The number of halogens is 2. The van der Waals surface area contributed by atoms with Gasteiger partial charge in [0.25, 0.3) is 5.91 Å². The van der Waals surface area contributed by atoms with Crippen LogP contribution in [0.25, 0.3) is 0 Å². The van der Waals surface area contributed by atoms with Crippen LogP contribution in [0.5, 0.6) is 0 Å². The summed E-state index contributed by atoms with van der Waals surface area (Å²) < 4.78 is 0. The minimum Gasteiger partial charge on any atom is -0.369 e. The Kier molecular flexibility index (Phi) is 5.36. The maximum Gasteiger partial charge on any atom is 0.275 e. The normalized spacial score (nSPS) is 10.2. The summed E-state index contributed by atoms with van der Waals surface area (Å²) in [6.07, 6.45) is 3.92. The molecule has 0 aliphatic heterocycles. The standard InChI is InChI=1S/C14H14Cl2N4O/c1-2-6-18-12-8-17-7-11(19-12)14(21)20-10-5-3-4-9(15)13(10)16/h3-5,7-8H,2,6H2,1H3,(H,18,19)(H,20,21). The van der Waals surface area contributed by atoms with Crippen molar-refractivity contribution in [3.63, 3.8) is 0 Å². The lowest BCUT2D eigenvalue weighted by molar-refractivity contribution is 0.102. The number of aromatic nitrogens is 2. The largest absolute Gasteiger partial charge is 0.369 e. The molecule has 2 N–H and O–H groups in total. The molecule has 0 saturated heterocycles. The summed E-state index contributed by atoms with van der Waals surface area (Å²) in [5.74, 6) is 0.161. The Morgan fingerprint density at radius 1 is 1.29 bits per heavy atom. The predicted octanol–water partition coefficient (Wildman–Crippen LogP) is 3.86. The molecule has 1 aromatic heterocycles. The van der Waals surface area contributed by atoms with Gasteiger partial charge in [0.2, 0.25) is 0 Å². The van der Waals surface area contributed by atoms with Crippen LogP contribution in [0.2, 0.25) is 10.0 Å². The molecule has 1 heterocycles. The lowest BCUT2D eigenvalue weighted by Crippen LogP contribution is -2.15. The molecule has 5 nitrogen and oxygen atoms in total. The number of hydrogen-bond donors (Lipinski definition) is 2. The number of carbonyl (C=O) groups excluding carboxylic acids is 1. The lowest BCUT2D eigenvalue weighted by Gasteiger charge is -2.09. The molecule has 2 rings (SSSR count). The molecule has 110 valence electrons. The van der Waals surface area contributed by atoms with Crippen molar-refractivity contribution in [1.29, 1.82) is 0 Å². The molecule has 1 aromatic carbocycles. The third-order valence-electron chi connectivity index (χ3n) is 2.62. The van der Waals surface area contributed by atoms with Gasteiger partial charge in [-0.05, 0) is 18.6 Å². The first kappa shape index (κ1) is 15.5. The Bertz CT molecular complexity index is 649. The summed E-state index contributed by atoms with van der Waals surface area (Å²) in [5, 5.41) is 6.40. The summed E-state index contributed by atoms with van der Waals surface area (Å²) in [6.45, 7) is 2.80. The van der Waals surface area contributed by atoms with Crippen LogP contribution in [0, 0.1) is 0 Å². The van der Waals surface area contributed by atoms with Gasteiger partial charge in [0.05, 0.1) is 28.1 Å². The maximum atomic E-state index is 12.2. The van der Waals surface area contributed by atoms with Crippen molar-refractivity contribution in [1.82, 2.24) is 9.97 Å². The van der Waals surface area contributed by atoms with Crippen LogP contribution in [0.1, 0.15) is 23.8 Å². The van der Waals surface area contributed by atoms with Crippen molar-refractivity contribution >= 4 is 40.6 Å². The third kappa shape index (κ3) is 4.06. The molecule has 7 heteroatoms. The zero-order valence-electron chi connectivity index (χ0n) is 11.4. The molecule has 0 aliphatic carbocycles. The zero-order chi connectivity index (χ0) is 15.2. The van der Waals surface area contributed by atoms with Gasteiger partial charge in [0.15, 0.2) is 0 Å². The summed E-state index contributed by atoms with van der Waals surface area (Å²) in [6, 6.07) is 5.02. The summed E-state index contributed by atoms with van der Waals surface area (Å²) in [5.41, 5.74) is 0.634. The highest BCUT2D eigenvalue weighted by molar-refractivity contribution is 6.44. The number of nitrogens with zero attached hydrogens (tertiary/aromatic N) is 2. The summed E-state index contributed by atoms with van der Waals surface area (Å²) >= 11 is 11.9. The van der Waals surface area contributed by atoms with Gasteiger partial charge in [0, 0.05) is 6.54 Å². The summed E-state index contributed by atoms with van der Waals surface area (Å²) in [4.78, 5) is 20.4. The van der Waals surface area contributed by atoms with Gasteiger partial charge in [-0.15, -0.1) is 0 Å². The number of benzene rings is 1. The van der Waals surface area contributed by atoms with Crippen molar-refractivity contribution in [3.05, 3.63) is 46.3 Å². The van der Waals surface area contributed by atoms with Gasteiger partial charge >= 0.3 is 0 Å². The second-order valence-electron chi connectivity index (χ2n) is 4.27. The first-order valence-corrected chi connectivity index (χ1v) is 7.18. The molecular weight excluding hydrogens is 311 g/mol. The molecular formula is C14H14Cl2N4O. The van der Waals surface area contributed by atoms with Crippen LogP contribution in [0.3, 0.4) is 0 Å². The van der Waals surface area contributed by atoms with Crippen molar-refractivity contribution in [2.24, 2.45) is 0 Å². The number of anilines is 2. The maximum absolute atomic E-state index is 12.2. The molecule has 0 fully saturated rings. The Labute approximate surface area is 132 Å². The van der Waals surface area contributed by atoms with E-state index in [4.69, 9.17) is 23.2 Å². The van der Waals surface area contributed by atoms with Gasteiger partial charge in [-0.25, -0.2) is 4.98 Å². The fourth-order valence-corrected chi connectivity index (χ4v) is 1.95. The third-order valence-corrected chi connectivity index (χ3v) is 3.44. The first-order valence-electron chi connectivity index (χ1n) is 6.43. The fourth-order valence-electron chi connectivity index (χ4n) is 1.60. The van der Waals surface area contributed by atoms with Gasteiger partial charge in [-0.3, -0.25) is 9.78 Å². The smallest absolute Gasteiger partial charge is 0.275 e. The topological polar surface area (TPSA) is 66.9 Å². The van der Waals surface area contributed by atoms with Crippen molar-refractivity contribution in [3.8, 4) is 0 Å². The average molecular weight is 325 g/mol. The van der Waals surface area contributed by atoms with Gasteiger partial charge in [0.1, 0.15) is 11.5 Å². The van der Waals surface area contributed by atoms with Crippen LogP contribution in [0.15, 0.2) is 30.6 Å². The zero-order valence-corrected chi connectivity index (χ0v) is 12.9. The van der Waals surface area contributed by atoms with E-state index in [-0.39, 0.29) is 5.69 Å². The van der Waals surface area contributed by atoms with Crippen LogP contribution in [0.4, 0.5) is 11.5 Å². The van der Waals surface area contributed by atoms with E-state index in [1.54, 1.807) is 24.4 Å². The number of rotatable bonds is 5. The number of carbonyl (C=O) groups is 1. The van der Waals surface area contributed by atoms with E-state index >= 15 is 0 Å². The van der Waals surface area contributed by atoms with E-state index in [0.717, 1.165) is 13.0 Å². The number of hydrogen-bond acceptors (Lipinski definition) is 4.